The molecule has 0 aliphatic carbocycles. The van der Waals surface area contributed by atoms with Crippen molar-refractivity contribution in [3.8, 4) is 22.4 Å². The van der Waals surface area contributed by atoms with Crippen LogP contribution in [-0.4, -0.2) is 24.8 Å². The fourth-order valence-electron chi connectivity index (χ4n) is 2.55. The van der Waals surface area contributed by atoms with Crippen LogP contribution < -0.4 is 15.9 Å². The highest BCUT2D eigenvalue weighted by Crippen LogP contribution is 2.35. The first-order chi connectivity index (χ1) is 12.9. The summed E-state index contributed by atoms with van der Waals surface area (Å²) in [6.07, 6.45) is 0. The van der Waals surface area contributed by atoms with Gasteiger partial charge in [-0.15, -0.1) is 0 Å². The number of hydrogen-bond acceptors (Lipinski definition) is 6. The number of carbonyl (C=O) groups excluding carboxylic acids is 1. The lowest BCUT2D eigenvalue weighted by Gasteiger charge is -2.07. The molecule has 9 nitrogen and oxygen atoms in total. The van der Waals surface area contributed by atoms with Crippen LogP contribution in [0.15, 0.2) is 64.0 Å². The standard InChI is InChI=1S/C17H16N4O5S/c18-27(24,25)13-8-6-11(7-9-13)15-14(10-19-17(22)20-23)26-21-16(15)12-4-2-1-3-5-12/h1-9,23H,10H2,(H2,18,24,25)(H2,19,20,22). The van der Waals surface area contributed by atoms with Gasteiger partial charge in [-0.2, -0.15) is 0 Å². The van der Waals surface area contributed by atoms with Gasteiger partial charge in [-0.1, -0.05) is 47.6 Å². The largest absolute Gasteiger partial charge is 0.358 e. The predicted octanol–water partition coefficient (Wildman–Crippen LogP) is 1.84. The van der Waals surface area contributed by atoms with E-state index in [0.29, 0.717) is 22.6 Å². The minimum absolute atomic E-state index is 0.0247. The Balaban J connectivity index is 2.07. The van der Waals surface area contributed by atoms with Crippen molar-refractivity contribution >= 4 is 16.1 Å². The van der Waals surface area contributed by atoms with Crippen molar-refractivity contribution < 1.29 is 22.9 Å². The summed E-state index contributed by atoms with van der Waals surface area (Å²) in [5, 5.41) is 20.2. The molecular weight excluding hydrogens is 372 g/mol. The number of amides is 2. The molecule has 0 aliphatic rings. The van der Waals surface area contributed by atoms with E-state index < -0.39 is 16.1 Å². The number of nitrogens with two attached hydrogens (primary N) is 1. The summed E-state index contributed by atoms with van der Waals surface area (Å²) >= 11 is 0. The Morgan fingerprint density at radius 3 is 2.33 bits per heavy atom. The van der Waals surface area contributed by atoms with Gasteiger partial charge in [-0.25, -0.2) is 23.8 Å². The summed E-state index contributed by atoms with van der Waals surface area (Å²) in [6.45, 7) is -0.0432. The molecule has 27 heavy (non-hydrogen) atoms. The fourth-order valence-corrected chi connectivity index (χ4v) is 3.06. The van der Waals surface area contributed by atoms with E-state index in [1.54, 1.807) is 12.1 Å². The number of primary sulfonamides is 1. The van der Waals surface area contributed by atoms with E-state index in [0.717, 1.165) is 5.56 Å². The first-order valence-electron chi connectivity index (χ1n) is 7.75. The van der Waals surface area contributed by atoms with Crippen molar-refractivity contribution in [3.63, 3.8) is 0 Å². The van der Waals surface area contributed by atoms with Crippen molar-refractivity contribution in [1.82, 2.24) is 16.0 Å². The number of benzene rings is 2. The molecule has 0 saturated carbocycles. The van der Waals surface area contributed by atoms with Gasteiger partial charge in [-0.05, 0) is 17.7 Å². The Morgan fingerprint density at radius 1 is 1.07 bits per heavy atom. The number of sulfonamides is 1. The average molecular weight is 388 g/mol. The van der Waals surface area contributed by atoms with Gasteiger partial charge in [0, 0.05) is 5.56 Å². The molecule has 10 heteroatoms. The van der Waals surface area contributed by atoms with Gasteiger partial charge in [0.2, 0.25) is 10.0 Å². The molecule has 0 radical (unpaired) electrons. The Hall–Kier alpha value is -3.21. The smallest absolute Gasteiger partial charge is 0.338 e. The van der Waals surface area contributed by atoms with Crippen molar-refractivity contribution in [3.05, 3.63) is 60.4 Å². The molecule has 1 heterocycles. The Bertz CT molecular complexity index is 1050. The third kappa shape index (κ3) is 4.14. The van der Waals surface area contributed by atoms with Crippen molar-refractivity contribution in [2.75, 3.05) is 0 Å². The van der Waals surface area contributed by atoms with E-state index in [4.69, 9.17) is 14.9 Å². The van der Waals surface area contributed by atoms with Gasteiger partial charge in [0.05, 0.1) is 17.0 Å². The van der Waals surface area contributed by atoms with Crippen LogP contribution in [0.25, 0.3) is 22.4 Å². The van der Waals surface area contributed by atoms with Gasteiger partial charge in [0.15, 0.2) is 5.76 Å². The molecule has 0 aliphatic heterocycles. The summed E-state index contributed by atoms with van der Waals surface area (Å²) in [4.78, 5) is 11.2. The zero-order valence-corrected chi connectivity index (χ0v) is 14.7. The molecule has 2 aromatic carbocycles. The molecule has 0 bridgehead atoms. The van der Waals surface area contributed by atoms with E-state index in [1.807, 2.05) is 30.3 Å². The topological polar surface area (TPSA) is 148 Å². The van der Waals surface area contributed by atoms with Gasteiger partial charge < -0.3 is 9.84 Å². The maximum atomic E-state index is 11.5. The second-order valence-electron chi connectivity index (χ2n) is 5.56. The Kier molecular flexibility index (Phi) is 5.21. The zero-order chi connectivity index (χ0) is 19.4. The summed E-state index contributed by atoms with van der Waals surface area (Å²) < 4.78 is 28.3. The molecule has 3 aromatic rings. The van der Waals surface area contributed by atoms with Gasteiger partial charge >= 0.3 is 6.03 Å². The molecular formula is C17H16N4O5S. The quantitative estimate of drug-likeness (QED) is 0.387. The SMILES string of the molecule is NS(=O)(=O)c1ccc(-c2c(-c3ccccc3)noc2CNC(=O)NO)cc1. The molecule has 2 amide bonds. The van der Waals surface area contributed by atoms with Crippen LogP contribution in [0.3, 0.4) is 0 Å². The van der Waals surface area contributed by atoms with Crippen molar-refractivity contribution in [1.29, 1.82) is 0 Å². The highest BCUT2D eigenvalue weighted by molar-refractivity contribution is 7.89. The van der Waals surface area contributed by atoms with Crippen LogP contribution in [0, 0.1) is 0 Å². The highest BCUT2D eigenvalue weighted by Gasteiger charge is 2.20. The average Bonchev–Trinajstić information content (AvgIpc) is 3.10. The summed E-state index contributed by atoms with van der Waals surface area (Å²) in [5.41, 5.74) is 3.99. The molecule has 3 rings (SSSR count). The predicted molar refractivity (Wildman–Crippen MR) is 95.9 cm³/mol. The number of hydroxylamine groups is 1. The maximum absolute atomic E-state index is 11.5. The second kappa shape index (κ2) is 7.58. The molecule has 0 fully saturated rings. The number of rotatable bonds is 5. The number of aromatic nitrogens is 1. The highest BCUT2D eigenvalue weighted by atomic mass is 32.2. The third-order valence-corrected chi connectivity index (χ3v) is 4.72. The van der Waals surface area contributed by atoms with Crippen LogP contribution in [0.4, 0.5) is 4.79 Å². The van der Waals surface area contributed by atoms with E-state index in [1.165, 1.54) is 17.6 Å². The molecule has 1 aromatic heterocycles. The molecule has 0 saturated heterocycles. The molecule has 140 valence electrons. The lowest BCUT2D eigenvalue weighted by molar-refractivity contribution is 0.160. The number of urea groups is 1. The number of hydrogen-bond donors (Lipinski definition) is 4. The fraction of sp³-hybridized carbons (Fsp3) is 0.0588. The van der Waals surface area contributed by atoms with Crippen LogP contribution >= 0.6 is 0 Å². The third-order valence-electron chi connectivity index (χ3n) is 3.79. The number of nitrogens with zero attached hydrogens (tertiary/aromatic N) is 1. The number of carbonyl (C=O) groups is 1. The second-order valence-corrected chi connectivity index (χ2v) is 7.12. The van der Waals surface area contributed by atoms with E-state index in [2.05, 4.69) is 10.5 Å². The normalized spacial score (nSPS) is 11.2. The maximum Gasteiger partial charge on any atom is 0.338 e. The van der Waals surface area contributed by atoms with E-state index in [9.17, 15) is 13.2 Å². The van der Waals surface area contributed by atoms with E-state index >= 15 is 0 Å². The monoisotopic (exact) mass is 388 g/mol. The lowest BCUT2D eigenvalue weighted by atomic mass is 9.99. The van der Waals surface area contributed by atoms with Crippen LogP contribution in [0.5, 0.6) is 0 Å². The molecule has 0 atom stereocenters. The first-order valence-corrected chi connectivity index (χ1v) is 9.30. The van der Waals surface area contributed by atoms with Crippen LogP contribution in [0.1, 0.15) is 5.76 Å². The number of nitrogens with one attached hydrogen (secondary N) is 2. The van der Waals surface area contributed by atoms with Crippen molar-refractivity contribution in [2.45, 2.75) is 11.4 Å². The molecule has 5 N–H and O–H groups in total. The van der Waals surface area contributed by atoms with E-state index in [-0.39, 0.29) is 11.4 Å². The zero-order valence-electron chi connectivity index (χ0n) is 13.9. The van der Waals surface area contributed by atoms with Crippen LogP contribution in [0.2, 0.25) is 0 Å². The summed E-state index contributed by atoms with van der Waals surface area (Å²) in [5.74, 6) is 0.334. The van der Waals surface area contributed by atoms with Gasteiger partial charge in [0.1, 0.15) is 5.69 Å². The molecule has 0 spiro atoms. The summed E-state index contributed by atoms with van der Waals surface area (Å²) in [6, 6.07) is 14.3. The van der Waals surface area contributed by atoms with Gasteiger partial charge in [0.25, 0.3) is 0 Å². The minimum atomic E-state index is -3.82. The first kappa shape index (κ1) is 18.6. The van der Waals surface area contributed by atoms with Crippen molar-refractivity contribution in [2.24, 2.45) is 5.14 Å². The summed E-state index contributed by atoms with van der Waals surface area (Å²) in [7, 11) is -3.82. The molecule has 0 unspecified atom stereocenters. The minimum Gasteiger partial charge on any atom is -0.358 e. The lowest BCUT2D eigenvalue weighted by Crippen LogP contribution is -2.32. The Labute approximate surface area is 154 Å². The van der Waals surface area contributed by atoms with Gasteiger partial charge in [-0.3, -0.25) is 5.21 Å². The Morgan fingerprint density at radius 2 is 1.74 bits per heavy atom. The van der Waals surface area contributed by atoms with Crippen LogP contribution in [-0.2, 0) is 16.6 Å².